The fraction of sp³-hybridized carbons (Fsp3) is 0.500. The van der Waals surface area contributed by atoms with Crippen LogP contribution in [0.4, 0.5) is 0 Å². The van der Waals surface area contributed by atoms with Gasteiger partial charge in [0.05, 0.1) is 13.2 Å². The number of carbonyl (C=O) groups is 1. The predicted molar refractivity (Wildman–Crippen MR) is 43.7 cm³/mol. The monoisotopic (exact) mass is 208 g/mol. The van der Waals surface area contributed by atoms with E-state index in [1.807, 2.05) is 0 Å². The standard InChI is InChI=1S/C4H6O4Si.C2H6O2/c1-3(2)4(5)8-9(6)7;3-1-2-4/h6H,1H2,2H3;3-4H,1-2H2. The second kappa shape index (κ2) is 9.04. The molecule has 3 N–H and O–H groups in total. The van der Waals surface area contributed by atoms with Crippen molar-refractivity contribution in [1.82, 2.24) is 0 Å². The molecule has 6 nitrogen and oxygen atoms in total. The summed E-state index contributed by atoms with van der Waals surface area (Å²) in [6.45, 7) is 4.35. The van der Waals surface area contributed by atoms with E-state index in [9.17, 15) is 9.26 Å². The van der Waals surface area contributed by atoms with Gasteiger partial charge in [0.2, 0.25) is 0 Å². The zero-order valence-electron chi connectivity index (χ0n) is 7.19. The highest BCUT2D eigenvalue weighted by molar-refractivity contribution is 6.28. The highest BCUT2D eigenvalue weighted by Crippen LogP contribution is 1.89. The summed E-state index contributed by atoms with van der Waals surface area (Å²) >= 11 is 0. The van der Waals surface area contributed by atoms with Crippen molar-refractivity contribution >= 4 is 15.1 Å². The van der Waals surface area contributed by atoms with Gasteiger partial charge in [-0.05, 0) is 6.92 Å². The lowest BCUT2D eigenvalue weighted by atomic mass is 10.4. The molecule has 0 rings (SSSR count). The van der Waals surface area contributed by atoms with E-state index in [2.05, 4.69) is 11.0 Å². The minimum Gasteiger partial charge on any atom is -0.511 e. The summed E-state index contributed by atoms with van der Waals surface area (Å²) in [5, 5.41) is 15.2. The van der Waals surface area contributed by atoms with Crippen LogP contribution in [0.1, 0.15) is 6.92 Å². The van der Waals surface area contributed by atoms with Gasteiger partial charge in [0.15, 0.2) is 0 Å². The van der Waals surface area contributed by atoms with Crippen LogP contribution in [0.15, 0.2) is 12.2 Å². The zero-order chi connectivity index (χ0) is 10.9. The first kappa shape index (κ1) is 14.5. The Bertz CT molecular complexity index is 188. The molecule has 0 aromatic heterocycles. The van der Waals surface area contributed by atoms with Gasteiger partial charge in [0.1, 0.15) is 0 Å². The third-order valence-electron chi connectivity index (χ3n) is 0.628. The van der Waals surface area contributed by atoms with Crippen molar-refractivity contribution < 1.29 is 28.7 Å². The maximum atomic E-state index is 10.3. The van der Waals surface area contributed by atoms with E-state index in [4.69, 9.17) is 15.0 Å². The SMILES string of the molecule is C=C(C)C(=O)O[Si](=O)O.OCCO. The molecule has 7 heteroatoms. The summed E-state index contributed by atoms with van der Waals surface area (Å²) in [5.74, 6) is -0.832. The summed E-state index contributed by atoms with van der Waals surface area (Å²) in [7, 11) is -3.14. The number of hydrogen-bond acceptors (Lipinski definition) is 5. The highest BCUT2D eigenvalue weighted by atomic mass is 28.3. The largest absolute Gasteiger partial charge is 0.772 e. The lowest BCUT2D eigenvalue weighted by Crippen LogP contribution is -2.13. The Morgan fingerprint density at radius 2 is 1.85 bits per heavy atom. The molecule has 0 bridgehead atoms. The van der Waals surface area contributed by atoms with Gasteiger partial charge in [-0.15, -0.1) is 0 Å². The summed E-state index contributed by atoms with van der Waals surface area (Å²) in [6, 6.07) is 0. The maximum absolute atomic E-state index is 10.3. The molecule has 0 fully saturated rings. The van der Waals surface area contributed by atoms with Crippen molar-refractivity contribution in [1.29, 1.82) is 0 Å². The molecule has 0 aliphatic carbocycles. The van der Waals surface area contributed by atoms with Gasteiger partial charge < -0.3 is 19.4 Å². The van der Waals surface area contributed by atoms with Crippen molar-refractivity contribution in [2.45, 2.75) is 6.92 Å². The van der Waals surface area contributed by atoms with Crippen molar-refractivity contribution in [3.8, 4) is 0 Å². The van der Waals surface area contributed by atoms with Gasteiger partial charge in [-0.2, -0.15) is 0 Å². The van der Waals surface area contributed by atoms with E-state index < -0.39 is 15.1 Å². The molecule has 13 heavy (non-hydrogen) atoms. The number of hydrogen-bond donors (Lipinski definition) is 3. The summed E-state index contributed by atoms with van der Waals surface area (Å²) in [6.07, 6.45) is 0. The van der Waals surface area contributed by atoms with E-state index in [0.29, 0.717) is 0 Å². The molecule has 0 amide bonds. The quantitative estimate of drug-likeness (QED) is 0.384. The van der Waals surface area contributed by atoms with Crippen molar-refractivity contribution in [2.75, 3.05) is 13.2 Å². The van der Waals surface area contributed by atoms with Crippen molar-refractivity contribution in [3.63, 3.8) is 0 Å². The molecule has 0 atom stereocenters. The molecule has 0 aromatic rings. The van der Waals surface area contributed by atoms with Crippen LogP contribution in [0.25, 0.3) is 0 Å². The zero-order valence-corrected chi connectivity index (χ0v) is 8.19. The fourth-order valence-corrected chi connectivity index (χ4v) is 0.499. The topological polar surface area (TPSA) is 104 Å². The summed E-state index contributed by atoms with van der Waals surface area (Å²) in [5.41, 5.74) is 0.113. The van der Waals surface area contributed by atoms with E-state index in [0.717, 1.165) is 0 Å². The molecule has 0 heterocycles. The Morgan fingerprint density at radius 3 is 1.92 bits per heavy atom. The second-order valence-electron chi connectivity index (χ2n) is 1.88. The third-order valence-corrected chi connectivity index (χ3v) is 0.988. The van der Waals surface area contributed by atoms with Crippen LogP contribution in [0.3, 0.4) is 0 Å². The molecular weight excluding hydrogens is 196 g/mol. The average molecular weight is 208 g/mol. The van der Waals surface area contributed by atoms with Crippen LogP contribution in [-0.4, -0.2) is 43.4 Å². The third kappa shape index (κ3) is 13.9. The number of aliphatic hydroxyl groups excluding tert-OH is 2. The normalized spacial score (nSPS) is 7.92. The molecule has 0 radical (unpaired) electrons. The molecule has 0 aromatic carbocycles. The molecule has 76 valence electrons. The Morgan fingerprint density at radius 1 is 1.46 bits per heavy atom. The first-order valence-corrected chi connectivity index (χ1v) is 4.54. The van der Waals surface area contributed by atoms with Crippen LogP contribution < -0.4 is 0 Å². The minimum absolute atomic E-state index is 0.113. The van der Waals surface area contributed by atoms with Crippen molar-refractivity contribution in [3.05, 3.63) is 12.2 Å². The van der Waals surface area contributed by atoms with E-state index in [1.165, 1.54) is 6.92 Å². The highest BCUT2D eigenvalue weighted by Gasteiger charge is 2.11. The smallest absolute Gasteiger partial charge is 0.511 e. The first-order chi connectivity index (χ1) is 5.95. The van der Waals surface area contributed by atoms with Gasteiger partial charge in [0, 0.05) is 5.57 Å². The fourth-order valence-electron chi connectivity index (χ4n) is 0.166. The lowest BCUT2D eigenvalue weighted by Gasteiger charge is -1.93. The minimum atomic E-state index is -3.14. The van der Waals surface area contributed by atoms with Gasteiger partial charge >= 0.3 is 15.1 Å². The number of carbonyl (C=O) groups excluding carboxylic acids is 1. The Balaban J connectivity index is 0. The van der Waals surface area contributed by atoms with Gasteiger partial charge in [-0.1, -0.05) is 6.58 Å². The van der Waals surface area contributed by atoms with Gasteiger partial charge in [-0.25, -0.2) is 4.79 Å². The van der Waals surface area contributed by atoms with Crippen LogP contribution in [0.2, 0.25) is 0 Å². The van der Waals surface area contributed by atoms with Crippen LogP contribution in [-0.2, 0) is 13.7 Å². The molecular formula is C6H12O6Si. The van der Waals surface area contributed by atoms with Crippen LogP contribution in [0.5, 0.6) is 0 Å². The van der Waals surface area contributed by atoms with Crippen LogP contribution >= 0.6 is 0 Å². The second-order valence-corrected chi connectivity index (χ2v) is 2.62. The Labute approximate surface area is 77.0 Å². The van der Waals surface area contributed by atoms with Crippen LogP contribution in [0, 0.1) is 0 Å². The molecule has 0 spiro atoms. The Hall–Kier alpha value is -1.05. The number of aliphatic hydroxyl groups is 2. The molecule has 0 aliphatic heterocycles. The van der Waals surface area contributed by atoms with E-state index in [1.54, 1.807) is 0 Å². The first-order valence-electron chi connectivity index (χ1n) is 3.28. The average Bonchev–Trinajstić information content (AvgIpc) is 2.03. The summed E-state index contributed by atoms with van der Waals surface area (Å²) < 4.78 is 13.7. The molecule has 0 saturated carbocycles. The lowest BCUT2D eigenvalue weighted by molar-refractivity contribution is -0.131. The summed E-state index contributed by atoms with van der Waals surface area (Å²) in [4.78, 5) is 18.3. The predicted octanol–water partition coefficient (Wildman–Crippen LogP) is -1.52. The molecule has 0 saturated heterocycles. The Kier molecular flexibility index (Phi) is 10.1. The van der Waals surface area contributed by atoms with E-state index in [-0.39, 0.29) is 18.8 Å². The molecule has 0 unspecified atom stereocenters. The molecule has 0 aliphatic rings. The maximum Gasteiger partial charge on any atom is 0.772 e. The van der Waals surface area contributed by atoms with E-state index >= 15 is 0 Å². The van der Waals surface area contributed by atoms with Gasteiger partial charge in [-0.3, -0.25) is 4.46 Å². The number of rotatable bonds is 3. The van der Waals surface area contributed by atoms with Crippen molar-refractivity contribution in [2.24, 2.45) is 0 Å². The van der Waals surface area contributed by atoms with Gasteiger partial charge in [0.25, 0.3) is 0 Å².